The number of aromatic nitrogens is 2. The van der Waals surface area contributed by atoms with Crippen molar-refractivity contribution in [2.24, 2.45) is 0 Å². The van der Waals surface area contributed by atoms with Crippen LogP contribution in [0.4, 0.5) is 16.4 Å². The Morgan fingerprint density at radius 1 is 1.33 bits per heavy atom. The number of likely N-dealkylation sites (N-methyl/N-ethyl adjacent to an activating group) is 1. The number of rotatable bonds is 7. The van der Waals surface area contributed by atoms with Crippen LogP contribution >= 0.6 is 0 Å². The van der Waals surface area contributed by atoms with Gasteiger partial charge in [-0.1, -0.05) is 0 Å². The number of anilines is 2. The highest BCUT2D eigenvalue weighted by molar-refractivity contribution is 6.01. The summed E-state index contributed by atoms with van der Waals surface area (Å²) in [6.45, 7) is 2.11. The van der Waals surface area contributed by atoms with Crippen LogP contribution in [0.25, 0.3) is 0 Å². The van der Waals surface area contributed by atoms with E-state index in [4.69, 9.17) is 9.84 Å². The van der Waals surface area contributed by atoms with Crippen LogP contribution in [0.15, 0.2) is 18.3 Å². The molecule has 0 atom stereocenters. The van der Waals surface area contributed by atoms with Crippen molar-refractivity contribution in [2.75, 3.05) is 56.7 Å². The zero-order valence-corrected chi connectivity index (χ0v) is 19.9. The first-order chi connectivity index (χ1) is 17.4. The maximum Gasteiger partial charge on any atom is 0.328 e. The largest absolute Gasteiger partial charge is 0.490 e. The summed E-state index contributed by atoms with van der Waals surface area (Å²) in [4.78, 5) is 51.1. The van der Waals surface area contributed by atoms with E-state index in [9.17, 15) is 19.6 Å². The Hall–Kier alpha value is -4.08. The fourth-order valence-electron chi connectivity index (χ4n) is 4.22. The average molecular weight is 494 g/mol. The van der Waals surface area contributed by atoms with Gasteiger partial charge in [0, 0.05) is 37.8 Å². The van der Waals surface area contributed by atoms with Gasteiger partial charge in [-0.2, -0.15) is 5.26 Å². The number of aliphatic hydroxyl groups excluding tert-OH is 1. The summed E-state index contributed by atoms with van der Waals surface area (Å²) in [6.07, 6.45) is 3.30. The van der Waals surface area contributed by atoms with Gasteiger partial charge in [-0.15, -0.1) is 0 Å². The van der Waals surface area contributed by atoms with E-state index in [-0.39, 0.29) is 41.9 Å². The number of fused-ring (bicyclic) bond motifs is 1. The third-order valence-corrected chi connectivity index (χ3v) is 6.07. The van der Waals surface area contributed by atoms with E-state index in [2.05, 4.69) is 15.3 Å². The summed E-state index contributed by atoms with van der Waals surface area (Å²) in [7, 11) is 1.89. The Labute approximate surface area is 208 Å². The summed E-state index contributed by atoms with van der Waals surface area (Å²) in [6, 6.07) is 4.73. The van der Waals surface area contributed by atoms with Crippen LogP contribution in [0.5, 0.6) is 5.75 Å². The molecule has 0 bridgehead atoms. The Bertz CT molecular complexity index is 1210. The molecule has 4 heterocycles. The number of hydrogen-bond acceptors (Lipinski definition) is 9. The molecule has 2 aromatic heterocycles. The number of amides is 3. The highest BCUT2D eigenvalue weighted by Crippen LogP contribution is 2.29. The van der Waals surface area contributed by atoms with Crippen molar-refractivity contribution in [1.82, 2.24) is 19.8 Å². The van der Waals surface area contributed by atoms with Gasteiger partial charge in [-0.25, -0.2) is 14.8 Å². The van der Waals surface area contributed by atoms with Crippen molar-refractivity contribution in [2.45, 2.75) is 19.4 Å². The molecule has 3 amide bonds. The number of urea groups is 1. The van der Waals surface area contributed by atoms with Crippen molar-refractivity contribution in [3.05, 3.63) is 40.7 Å². The number of hydrogen-bond donors (Lipinski definition) is 2. The number of nitrogens with zero attached hydrogens (tertiary/aromatic N) is 6. The lowest BCUT2D eigenvalue weighted by Crippen LogP contribution is -2.48. The molecule has 12 heteroatoms. The number of piperazine rings is 1. The van der Waals surface area contributed by atoms with Gasteiger partial charge in [-0.05, 0) is 31.5 Å². The predicted octanol–water partition coefficient (Wildman–Crippen LogP) is 0.791. The number of carbonyl (C=O) groups is 3. The maximum absolute atomic E-state index is 13.1. The molecule has 36 heavy (non-hydrogen) atoms. The van der Waals surface area contributed by atoms with E-state index < -0.39 is 6.03 Å². The molecule has 12 nitrogen and oxygen atoms in total. The van der Waals surface area contributed by atoms with Crippen LogP contribution in [0.3, 0.4) is 0 Å². The van der Waals surface area contributed by atoms with Crippen molar-refractivity contribution >= 4 is 29.9 Å². The van der Waals surface area contributed by atoms with E-state index in [1.165, 1.54) is 17.2 Å². The zero-order chi connectivity index (χ0) is 25.7. The van der Waals surface area contributed by atoms with Crippen molar-refractivity contribution < 1.29 is 24.2 Å². The molecule has 1 fully saturated rings. The van der Waals surface area contributed by atoms with Crippen LogP contribution in [0, 0.1) is 11.3 Å². The lowest BCUT2D eigenvalue weighted by molar-refractivity contribution is -0.136. The Morgan fingerprint density at radius 2 is 2.17 bits per heavy atom. The van der Waals surface area contributed by atoms with Crippen molar-refractivity contribution in [3.63, 3.8) is 0 Å². The fraction of sp³-hybridized carbons (Fsp3) is 0.417. The first-order valence-corrected chi connectivity index (χ1v) is 11.6. The monoisotopic (exact) mass is 493 g/mol. The summed E-state index contributed by atoms with van der Waals surface area (Å²) >= 11 is 0. The Morgan fingerprint density at radius 3 is 2.89 bits per heavy atom. The van der Waals surface area contributed by atoms with Gasteiger partial charge in [0.05, 0.1) is 19.3 Å². The van der Waals surface area contributed by atoms with Crippen LogP contribution < -0.4 is 15.0 Å². The smallest absolute Gasteiger partial charge is 0.328 e. The van der Waals surface area contributed by atoms with Gasteiger partial charge in [0.15, 0.2) is 6.29 Å². The molecular formula is C24H27N7O5. The minimum Gasteiger partial charge on any atom is -0.490 e. The third-order valence-electron chi connectivity index (χ3n) is 6.07. The molecule has 2 aliphatic heterocycles. The number of aryl methyl sites for hydroxylation is 1. The highest BCUT2D eigenvalue weighted by Gasteiger charge is 2.28. The molecule has 0 spiro atoms. The molecule has 0 saturated carbocycles. The standard InChI is InChI=1S/C24H27N7O5/c1-29-5-6-30(22(34)14-29)13-17-9-16-3-2-4-31(23(16)27-19(17)15-33)24(35)28-21-10-20(36-8-7-32)18(11-25)12-26-21/h9-10,12,15,32H,2-8,13-14H2,1H3,(H,26,28,35). The topological polar surface area (TPSA) is 152 Å². The van der Waals surface area contributed by atoms with E-state index >= 15 is 0 Å². The van der Waals surface area contributed by atoms with Crippen molar-refractivity contribution in [3.8, 4) is 11.8 Å². The molecule has 1 saturated heterocycles. The first kappa shape index (κ1) is 25.0. The minimum absolute atomic E-state index is 0.00317. The number of ether oxygens (including phenoxy) is 1. The summed E-state index contributed by atoms with van der Waals surface area (Å²) in [5.74, 6) is 0.747. The lowest BCUT2D eigenvalue weighted by atomic mass is 10.0. The van der Waals surface area contributed by atoms with Crippen LogP contribution in [0.2, 0.25) is 0 Å². The van der Waals surface area contributed by atoms with Gasteiger partial charge < -0.3 is 14.7 Å². The Balaban J connectivity index is 1.55. The second-order valence-electron chi connectivity index (χ2n) is 8.62. The van der Waals surface area contributed by atoms with E-state index in [0.717, 1.165) is 12.1 Å². The van der Waals surface area contributed by atoms with Gasteiger partial charge in [-0.3, -0.25) is 24.7 Å². The highest BCUT2D eigenvalue weighted by atomic mass is 16.5. The molecule has 0 aliphatic carbocycles. The van der Waals surface area contributed by atoms with Gasteiger partial charge in [0.25, 0.3) is 0 Å². The second-order valence-corrected chi connectivity index (χ2v) is 8.62. The zero-order valence-electron chi connectivity index (χ0n) is 19.9. The third kappa shape index (κ3) is 5.42. The van der Waals surface area contributed by atoms with Crippen LogP contribution in [0.1, 0.15) is 33.6 Å². The minimum atomic E-state index is -0.493. The molecule has 2 aliphatic rings. The van der Waals surface area contributed by atoms with Crippen LogP contribution in [-0.4, -0.2) is 89.5 Å². The van der Waals surface area contributed by atoms with Gasteiger partial charge in [0.2, 0.25) is 5.91 Å². The molecule has 0 aromatic carbocycles. The summed E-state index contributed by atoms with van der Waals surface area (Å²) in [5, 5.41) is 20.9. The molecule has 2 N–H and O–H groups in total. The number of nitrogens with one attached hydrogen (secondary N) is 1. The molecule has 2 aromatic rings. The van der Waals surface area contributed by atoms with Gasteiger partial charge in [0.1, 0.15) is 41.3 Å². The summed E-state index contributed by atoms with van der Waals surface area (Å²) in [5.41, 5.74) is 1.84. The quantitative estimate of drug-likeness (QED) is 0.533. The van der Waals surface area contributed by atoms with Crippen molar-refractivity contribution in [1.29, 1.82) is 5.26 Å². The summed E-state index contributed by atoms with van der Waals surface area (Å²) < 4.78 is 5.36. The van der Waals surface area contributed by atoms with E-state index in [0.29, 0.717) is 56.7 Å². The first-order valence-electron chi connectivity index (χ1n) is 11.6. The molecule has 4 rings (SSSR count). The maximum atomic E-state index is 13.1. The number of nitriles is 1. The number of aldehydes is 1. The number of pyridine rings is 2. The van der Waals surface area contributed by atoms with Gasteiger partial charge >= 0.3 is 6.03 Å². The average Bonchev–Trinajstić information content (AvgIpc) is 2.88. The normalized spacial score (nSPS) is 15.8. The van der Waals surface area contributed by atoms with E-state index in [1.807, 2.05) is 24.1 Å². The molecular weight excluding hydrogens is 466 g/mol. The molecule has 188 valence electrons. The second kappa shape index (κ2) is 11.1. The SMILES string of the molecule is CN1CCN(Cc2cc3c(nc2C=O)N(C(=O)Nc2cc(OCCO)c(C#N)cn2)CCC3)C(=O)C1. The number of carbonyl (C=O) groups excluding carboxylic acids is 3. The number of aliphatic hydroxyl groups is 1. The Kier molecular flexibility index (Phi) is 7.72. The molecule has 0 unspecified atom stereocenters. The molecule has 0 radical (unpaired) electrons. The fourth-order valence-corrected chi connectivity index (χ4v) is 4.22. The predicted molar refractivity (Wildman–Crippen MR) is 129 cm³/mol. The van der Waals surface area contributed by atoms with Crippen LogP contribution in [-0.2, 0) is 17.8 Å². The van der Waals surface area contributed by atoms with E-state index in [1.54, 1.807) is 4.90 Å². The lowest BCUT2D eigenvalue weighted by Gasteiger charge is -2.33.